The van der Waals surface area contributed by atoms with Crippen LogP contribution < -0.4 is 4.90 Å². The van der Waals surface area contributed by atoms with Gasteiger partial charge in [-0.1, -0.05) is 30.3 Å². The third-order valence-electron chi connectivity index (χ3n) is 2.72. The molecule has 0 fully saturated rings. The van der Waals surface area contributed by atoms with Crippen molar-refractivity contribution in [2.45, 2.75) is 4.90 Å². The number of hydrogen-bond acceptors (Lipinski definition) is 2. The Balaban J connectivity index is 1.84. The summed E-state index contributed by atoms with van der Waals surface area (Å²) in [5.74, 6) is 0.733. The molecule has 0 amide bonds. The van der Waals surface area contributed by atoms with E-state index in [4.69, 9.17) is 0 Å². The van der Waals surface area contributed by atoms with E-state index in [9.17, 15) is 4.39 Å². The second-order valence-corrected chi connectivity index (χ2v) is 5.17. The van der Waals surface area contributed by atoms with Gasteiger partial charge in [0.1, 0.15) is 5.82 Å². The van der Waals surface area contributed by atoms with E-state index >= 15 is 0 Å². The van der Waals surface area contributed by atoms with Crippen LogP contribution in [0.15, 0.2) is 59.5 Å². The molecule has 0 aliphatic heterocycles. The SMILES string of the molecule is CN(CCSc1ccccc1F)c1ccccc1. The van der Waals surface area contributed by atoms with Gasteiger partial charge in [-0.25, -0.2) is 4.39 Å². The molecule has 2 rings (SSSR count). The maximum atomic E-state index is 13.4. The maximum absolute atomic E-state index is 13.4. The predicted molar refractivity (Wildman–Crippen MR) is 76.8 cm³/mol. The number of rotatable bonds is 5. The lowest BCUT2D eigenvalue weighted by molar-refractivity contribution is 0.602. The van der Waals surface area contributed by atoms with Gasteiger partial charge >= 0.3 is 0 Å². The molecule has 0 aromatic heterocycles. The van der Waals surface area contributed by atoms with Crippen LogP contribution in [0, 0.1) is 5.82 Å². The quantitative estimate of drug-likeness (QED) is 0.747. The Morgan fingerprint density at radius 2 is 1.67 bits per heavy atom. The lowest BCUT2D eigenvalue weighted by atomic mass is 10.3. The van der Waals surface area contributed by atoms with E-state index in [2.05, 4.69) is 24.1 Å². The van der Waals surface area contributed by atoms with E-state index in [1.54, 1.807) is 17.8 Å². The topological polar surface area (TPSA) is 3.24 Å². The largest absolute Gasteiger partial charge is 0.374 e. The molecule has 94 valence electrons. The summed E-state index contributed by atoms with van der Waals surface area (Å²) >= 11 is 1.55. The number of para-hydroxylation sites is 1. The third-order valence-corrected chi connectivity index (χ3v) is 3.75. The summed E-state index contributed by atoms with van der Waals surface area (Å²) in [5, 5.41) is 0. The van der Waals surface area contributed by atoms with Crippen molar-refractivity contribution >= 4 is 17.4 Å². The van der Waals surface area contributed by atoms with Crippen LogP contribution in [0.1, 0.15) is 0 Å². The average Bonchev–Trinajstić information content (AvgIpc) is 2.42. The molecule has 0 heterocycles. The van der Waals surface area contributed by atoms with Gasteiger partial charge in [0, 0.05) is 29.9 Å². The van der Waals surface area contributed by atoms with E-state index < -0.39 is 0 Å². The van der Waals surface area contributed by atoms with Crippen LogP contribution in [-0.4, -0.2) is 19.3 Å². The zero-order chi connectivity index (χ0) is 12.8. The highest BCUT2D eigenvalue weighted by Crippen LogP contribution is 2.21. The summed E-state index contributed by atoms with van der Waals surface area (Å²) in [6.45, 7) is 0.892. The first-order valence-corrected chi connectivity index (χ1v) is 6.89. The van der Waals surface area contributed by atoms with Crippen molar-refractivity contribution < 1.29 is 4.39 Å². The van der Waals surface area contributed by atoms with Crippen LogP contribution in [0.2, 0.25) is 0 Å². The number of hydrogen-bond donors (Lipinski definition) is 0. The second kappa shape index (κ2) is 6.45. The fourth-order valence-corrected chi connectivity index (χ4v) is 2.63. The average molecular weight is 261 g/mol. The summed E-state index contributed by atoms with van der Waals surface area (Å²) < 4.78 is 13.4. The molecule has 0 bridgehead atoms. The minimum Gasteiger partial charge on any atom is -0.374 e. The second-order valence-electron chi connectivity index (χ2n) is 4.04. The predicted octanol–water partition coefficient (Wildman–Crippen LogP) is 4.05. The monoisotopic (exact) mass is 261 g/mol. The summed E-state index contributed by atoms with van der Waals surface area (Å²) in [6.07, 6.45) is 0. The van der Waals surface area contributed by atoms with Crippen molar-refractivity contribution in [2.24, 2.45) is 0 Å². The highest BCUT2D eigenvalue weighted by molar-refractivity contribution is 7.99. The van der Waals surface area contributed by atoms with Gasteiger partial charge in [-0.15, -0.1) is 11.8 Å². The molecule has 2 aromatic carbocycles. The molecule has 0 radical (unpaired) electrons. The van der Waals surface area contributed by atoms with Crippen molar-refractivity contribution in [3.8, 4) is 0 Å². The number of halogens is 1. The van der Waals surface area contributed by atoms with Crippen molar-refractivity contribution in [1.29, 1.82) is 0 Å². The zero-order valence-electron chi connectivity index (χ0n) is 10.3. The van der Waals surface area contributed by atoms with Crippen molar-refractivity contribution in [3.05, 3.63) is 60.4 Å². The van der Waals surface area contributed by atoms with Crippen LogP contribution in [0.25, 0.3) is 0 Å². The summed E-state index contributed by atoms with van der Waals surface area (Å²) in [4.78, 5) is 2.90. The van der Waals surface area contributed by atoms with Crippen molar-refractivity contribution in [3.63, 3.8) is 0 Å². The smallest absolute Gasteiger partial charge is 0.136 e. The lowest BCUT2D eigenvalue weighted by Crippen LogP contribution is -2.19. The van der Waals surface area contributed by atoms with Gasteiger partial charge in [0.25, 0.3) is 0 Å². The molecule has 2 aromatic rings. The van der Waals surface area contributed by atoms with Gasteiger partial charge in [0.2, 0.25) is 0 Å². The number of benzene rings is 2. The third kappa shape index (κ3) is 3.50. The molecule has 1 nitrogen and oxygen atoms in total. The first-order valence-electron chi connectivity index (χ1n) is 5.91. The molecular weight excluding hydrogens is 245 g/mol. The fraction of sp³-hybridized carbons (Fsp3) is 0.200. The van der Waals surface area contributed by atoms with Gasteiger partial charge in [-0.2, -0.15) is 0 Å². The van der Waals surface area contributed by atoms with Gasteiger partial charge in [-0.3, -0.25) is 0 Å². The molecule has 0 saturated carbocycles. The Hall–Kier alpha value is -1.48. The van der Waals surface area contributed by atoms with Crippen LogP contribution in [0.4, 0.5) is 10.1 Å². The highest BCUT2D eigenvalue weighted by atomic mass is 32.2. The van der Waals surface area contributed by atoms with E-state index in [1.165, 1.54) is 11.8 Å². The van der Waals surface area contributed by atoms with Crippen LogP contribution in [0.5, 0.6) is 0 Å². The Bertz CT molecular complexity index is 487. The Kier molecular flexibility index (Phi) is 4.65. The van der Waals surface area contributed by atoms with Crippen LogP contribution in [-0.2, 0) is 0 Å². The normalized spacial score (nSPS) is 10.3. The minimum absolute atomic E-state index is 0.134. The van der Waals surface area contributed by atoms with Crippen molar-refractivity contribution in [2.75, 3.05) is 24.2 Å². The lowest BCUT2D eigenvalue weighted by Gasteiger charge is -2.18. The molecule has 0 spiro atoms. The minimum atomic E-state index is -0.134. The number of anilines is 1. The van der Waals surface area contributed by atoms with Gasteiger partial charge < -0.3 is 4.90 Å². The van der Waals surface area contributed by atoms with E-state index in [0.717, 1.165) is 17.2 Å². The van der Waals surface area contributed by atoms with Crippen molar-refractivity contribution in [1.82, 2.24) is 0 Å². The maximum Gasteiger partial charge on any atom is 0.136 e. The number of nitrogens with zero attached hydrogens (tertiary/aromatic N) is 1. The molecular formula is C15H16FNS. The van der Waals surface area contributed by atoms with Crippen LogP contribution >= 0.6 is 11.8 Å². The molecule has 0 unspecified atom stereocenters. The van der Waals surface area contributed by atoms with Gasteiger partial charge in [-0.05, 0) is 24.3 Å². The Labute approximate surface area is 112 Å². The molecule has 0 saturated heterocycles. The fourth-order valence-electron chi connectivity index (χ4n) is 1.67. The van der Waals surface area contributed by atoms with Crippen LogP contribution in [0.3, 0.4) is 0 Å². The zero-order valence-corrected chi connectivity index (χ0v) is 11.2. The van der Waals surface area contributed by atoms with Gasteiger partial charge in [0.15, 0.2) is 0 Å². The molecule has 0 aliphatic rings. The Morgan fingerprint density at radius 3 is 2.39 bits per heavy atom. The number of thioether (sulfide) groups is 1. The molecule has 0 N–H and O–H groups in total. The molecule has 0 atom stereocenters. The Morgan fingerprint density at radius 1 is 1.00 bits per heavy atom. The van der Waals surface area contributed by atoms with E-state index in [0.29, 0.717) is 0 Å². The van der Waals surface area contributed by atoms with E-state index in [-0.39, 0.29) is 5.82 Å². The molecule has 18 heavy (non-hydrogen) atoms. The summed E-state index contributed by atoms with van der Waals surface area (Å²) in [7, 11) is 2.05. The highest BCUT2D eigenvalue weighted by Gasteiger charge is 2.03. The summed E-state index contributed by atoms with van der Waals surface area (Å²) in [6, 6.07) is 17.1. The van der Waals surface area contributed by atoms with Gasteiger partial charge in [0.05, 0.1) is 0 Å². The first-order chi connectivity index (χ1) is 8.77. The van der Waals surface area contributed by atoms with E-state index in [1.807, 2.05) is 30.3 Å². The summed E-state index contributed by atoms with van der Waals surface area (Å²) in [5.41, 5.74) is 1.19. The first kappa shape index (κ1) is 13.0. The molecule has 0 aliphatic carbocycles. The molecule has 3 heteroatoms. The standard InChI is InChI=1S/C15H16FNS/c1-17(13-7-3-2-4-8-13)11-12-18-15-10-6-5-9-14(15)16/h2-10H,11-12H2,1H3.